The molecule has 0 aromatic heterocycles. The number of rotatable bonds is 9. The molecule has 6 heteroatoms. The second-order valence-electron chi connectivity index (χ2n) is 10.1. The lowest BCUT2D eigenvalue weighted by molar-refractivity contribution is -0.122. The van der Waals surface area contributed by atoms with Crippen molar-refractivity contribution in [1.82, 2.24) is 0 Å². The lowest BCUT2D eigenvalue weighted by atomic mass is 9.99. The summed E-state index contributed by atoms with van der Waals surface area (Å²) in [5.41, 5.74) is 7.32. The highest BCUT2D eigenvalue weighted by Gasteiger charge is 2.18. The number of carbonyl (C=O) groups is 2. The van der Waals surface area contributed by atoms with Crippen LogP contribution in [0.1, 0.15) is 36.1 Å². The van der Waals surface area contributed by atoms with Crippen LogP contribution in [0, 0.1) is 27.7 Å². The van der Waals surface area contributed by atoms with Crippen LogP contribution in [-0.2, 0) is 9.59 Å². The molecule has 4 aromatic carbocycles. The Kier molecular flexibility index (Phi) is 8.90. The predicted octanol–water partition coefficient (Wildman–Crippen LogP) is 7.40. The molecule has 6 nitrogen and oxygen atoms in total. The lowest BCUT2D eigenvalue weighted by Gasteiger charge is -2.18. The molecule has 0 aliphatic heterocycles. The molecule has 0 saturated heterocycles. The second kappa shape index (κ2) is 12.5. The third-order valence-electron chi connectivity index (χ3n) is 6.84. The largest absolute Gasteiger partial charge is 0.481 e. The lowest BCUT2D eigenvalue weighted by Crippen LogP contribution is -2.30. The van der Waals surface area contributed by atoms with E-state index in [9.17, 15) is 9.59 Å². The highest BCUT2D eigenvalue weighted by Crippen LogP contribution is 2.29. The molecule has 0 heterocycles. The minimum Gasteiger partial charge on any atom is -0.481 e. The molecule has 4 aromatic rings. The van der Waals surface area contributed by atoms with E-state index in [1.165, 1.54) is 0 Å². The van der Waals surface area contributed by atoms with Gasteiger partial charge in [-0.3, -0.25) is 9.59 Å². The first kappa shape index (κ1) is 28.4. The van der Waals surface area contributed by atoms with Crippen molar-refractivity contribution in [3.05, 3.63) is 107 Å². The average Bonchev–Trinajstić information content (AvgIpc) is 2.93. The summed E-state index contributed by atoms with van der Waals surface area (Å²) in [4.78, 5) is 25.6. The first-order chi connectivity index (χ1) is 19.1. The van der Waals surface area contributed by atoms with Crippen molar-refractivity contribution in [2.45, 2.75) is 53.8 Å². The molecule has 206 valence electrons. The van der Waals surface area contributed by atoms with Gasteiger partial charge in [0.25, 0.3) is 11.8 Å². The number of ether oxygens (including phenoxy) is 2. The fourth-order valence-corrected chi connectivity index (χ4v) is 4.30. The van der Waals surface area contributed by atoms with Gasteiger partial charge in [0, 0.05) is 11.4 Å². The zero-order valence-corrected chi connectivity index (χ0v) is 23.9. The van der Waals surface area contributed by atoms with Gasteiger partial charge in [0.15, 0.2) is 12.2 Å². The maximum atomic E-state index is 12.8. The molecule has 0 aliphatic carbocycles. The summed E-state index contributed by atoms with van der Waals surface area (Å²) >= 11 is 0. The van der Waals surface area contributed by atoms with Gasteiger partial charge in [0.1, 0.15) is 11.5 Å². The standard InChI is InChI=1S/C34H36N2O4/c1-21-11-7-9-13-31(21)39-25(5)33(37)35-29-17-15-27(19-23(29)3)28-16-18-30(24(4)20-28)36-34(38)26(6)40-32-14-10-8-12-22(32)2/h7-20,25-26H,1-6H3,(H,35,37)(H,36,38). The molecule has 0 aliphatic rings. The highest BCUT2D eigenvalue weighted by atomic mass is 16.5. The van der Waals surface area contributed by atoms with Crippen LogP contribution in [0.15, 0.2) is 84.9 Å². The van der Waals surface area contributed by atoms with Crippen LogP contribution in [0.3, 0.4) is 0 Å². The van der Waals surface area contributed by atoms with Gasteiger partial charge in [-0.1, -0.05) is 48.5 Å². The quantitative estimate of drug-likeness (QED) is 0.234. The maximum absolute atomic E-state index is 12.8. The SMILES string of the molecule is Cc1cc(-c2ccc(NC(=O)C(C)Oc3ccccc3C)c(C)c2)ccc1NC(=O)C(C)Oc1ccccc1C. The third-order valence-corrected chi connectivity index (χ3v) is 6.84. The predicted molar refractivity (Wildman–Crippen MR) is 161 cm³/mol. The van der Waals surface area contributed by atoms with Crippen LogP contribution in [0.2, 0.25) is 0 Å². The van der Waals surface area contributed by atoms with E-state index in [-0.39, 0.29) is 11.8 Å². The summed E-state index contributed by atoms with van der Waals surface area (Å²) in [6.45, 7) is 11.3. The van der Waals surface area contributed by atoms with Crippen LogP contribution >= 0.6 is 0 Å². The molecule has 4 rings (SSSR count). The average molecular weight is 537 g/mol. The minimum absolute atomic E-state index is 0.212. The van der Waals surface area contributed by atoms with E-state index in [0.717, 1.165) is 44.8 Å². The van der Waals surface area contributed by atoms with Gasteiger partial charge in [-0.25, -0.2) is 0 Å². The van der Waals surface area contributed by atoms with Gasteiger partial charge >= 0.3 is 0 Å². The zero-order chi connectivity index (χ0) is 28.8. The Morgan fingerprint density at radius 2 is 0.925 bits per heavy atom. The smallest absolute Gasteiger partial charge is 0.265 e. The Balaban J connectivity index is 1.39. The van der Waals surface area contributed by atoms with Crippen LogP contribution < -0.4 is 20.1 Å². The van der Waals surface area contributed by atoms with E-state index in [1.807, 2.05) is 113 Å². The number of benzene rings is 4. The second-order valence-corrected chi connectivity index (χ2v) is 10.1. The van der Waals surface area contributed by atoms with Crippen LogP contribution in [-0.4, -0.2) is 24.0 Å². The van der Waals surface area contributed by atoms with Crippen molar-refractivity contribution < 1.29 is 19.1 Å². The molecule has 0 fully saturated rings. The number of nitrogens with one attached hydrogen (secondary N) is 2. The number of hydrogen-bond donors (Lipinski definition) is 2. The van der Waals surface area contributed by atoms with Gasteiger partial charge in [0.2, 0.25) is 0 Å². The van der Waals surface area contributed by atoms with Gasteiger partial charge in [-0.05, 0) is 111 Å². The Morgan fingerprint density at radius 3 is 1.27 bits per heavy atom. The number of hydrogen-bond acceptors (Lipinski definition) is 4. The summed E-state index contributed by atoms with van der Waals surface area (Å²) in [5.74, 6) is 0.965. The van der Waals surface area contributed by atoms with Crippen LogP contribution in [0.4, 0.5) is 11.4 Å². The fourth-order valence-electron chi connectivity index (χ4n) is 4.30. The van der Waals surface area contributed by atoms with Crippen molar-refractivity contribution in [2.24, 2.45) is 0 Å². The van der Waals surface area contributed by atoms with Crippen LogP contribution in [0.5, 0.6) is 11.5 Å². The number of para-hydroxylation sites is 2. The van der Waals surface area contributed by atoms with Gasteiger partial charge in [-0.2, -0.15) is 0 Å². The summed E-state index contributed by atoms with van der Waals surface area (Å²) in [7, 11) is 0. The van der Waals surface area contributed by atoms with E-state index >= 15 is 0 Å². The molecule has 2 N–H and O–H groups in total. The zero-order valence-electron chi connectivity index (χ0n) is 23.9. The molecule has 0 bridgehead atoms. The summed E-state index contributed by atoms with van der Waals surface area (Å²) < 4.78 is 11.7. The normalized spacial score (nSPS) is 12.2. The fraction of sp³-hybridized carbons (Fsp3) is 0.235. The monoisotopic (exact) mass is 536 g/mol. The minimum atomic E-state index is -0.643. The summed E-state index contributed by atoms with van der Waals surface area (Å²) in [5, 5.41) is 5.96. The van der Waals surface area contributed by atoms with Gasteiger partial charge in [0.05, 0.1) is 0 Å². The molecule has 0 spiro atoms. The first-order valence-corrected chi connectivity index (χ1v) is 13.4. The highest BCUT2D eigenvalue weighted by molar-refractivity contribution is 5.96. The van der Waals surface area contributed by atoms with E-state index in [1.54, 1.807) is 13.8 Å². The summed E-state index contributed by atoms with van der Waals surface area (Å²) in [6, 6.07) is 27.1. The van der Waals surface area contributed by atoms with E-state index in [2.05, 4.69) is 10.6 Å². The van der Waals surface area contributed by atoms with Crippen molar-refractivity contribution in [1.29, 1.82) is 0 Å². The maximum Gasteiger partial charge on any atom is 0.265 e. The number of anilines is 2. The van der Waals surface area contributed by atoms with Crippen molar-refractivity contribution in [3.63, 3.8) is 0 Å². The Bertz CT molecular complexity index is 1410. The Labute approximate surface area is 236 Å². The van der Waals surface area contributed by atoms with Crippen LogP contribution in [0.25, 0.3) is 11.1 Å². The molecule has 2 atom stereocenters. The van der Waals surface area contributed by atoms with Gasteiger partial charge in [-0.15, -0.1) is 0 Å². The molecule has 2 amide bonds. The summed E-state index contributed by atoms with van der Waals surface area (Å²) in [6.07, 6.45) is -1.29. The molecule has 40 heavy (non-hydrogen) atoms. The molecule has 2 unspecified atom stereocenters. The molecule has 0 saturated carbocycles. The van der Waals surface area contributed by atoms with Crippen molar-refractivity contribution in [3.8, 4) is 22.6 Å². The van der Waals surface area contributed by atoms with Gasteiger partial charge < -0.3 is 20.1 Å². The molecular weight excluding hydrogens is 500 g/mol. The Morgan fingerprint density at radius 1 is 0.550 bits per heavy atom. The van der Waals surface area contributed by atoms with E-state index in [0.29, 0.717) is 11.5 Å². The van der Waals surface area contributed by atoms with Crippen molar-refractivity contribution >= 4 is 23.2 Å². The van der Waals surface area contributed by atoms with E-state index in [4.69, 9.17) is 9.47 Å². The first-order valence-electron chi connectivity index (χ1n) is 13.4. The Hall–Kier alpha value is -4.58. The third kappa shape index (κ3) is 6.89. The number of amides is 2. The molecule has 0 radical (unpaired) electrons. The molecular formula is C34H36N2O4. The number of aryl methyl sites for hydroxylation is 4. The van der Waals surface area contributed by atoms with E-state index < -0.39 is 12.2 Å². The number of carbonyl (C=O) groups excluding carboxylic acids is 2. The van der Waals surface area contributed by atoms with Crippen molar-refractivity contribution in [2.75, 3.05) is 10.6 Å². The topological polar surface area (TPSA) is 76.7 Å².